The maximum Gasteiger partial charge on any atom is 0.192 e. The summed E-state index contributed by atoms with van der Waals surface area (Å²) >= 11 is 6.49. The Balaban J connectivity index is 1.79. The van der Waals surface area contributed by atoms with Crippen LogP contribution in [0.3, 0.4) is 0 Å². The van der Waals surface area contributed by atoms with Crippen molar-refractivity contribution in [2.45, 2.75) is 82.8 Å². The lowest BCUT2D eigenvalue weighted by molar-refractivity contribution is -0.230. The van der Waals surface area contributed by atoms with E-state index < -0.39 is 38.8 Å². The van der Waals surface area contributed by atoms with E-state index >= 15 is 0 Å². The van der Waals surface area contributed by atoms with Crippen LogP contribution in [0.4, 0.5) is 0 Å². The molecule has 0 spiro atoms. The normalized spacial score (nSPS) is 25.5. The molecule has 5 atom stereocenters. The van der Waals surface area contributed by atoms with Crippen LogP contribution in [0.1, 0.15) is 50.5 Å². The molecule has 5 unspecified atom stereocenters. The van der Waals surface area contributed by atoms with Crippen molar-refractivity contribution in [3.63, 3.8) is 0 Å². The van der Waals surface area contributed by atoms with E-state index in [2.05, 4.69) is 33.9 Å². The van der Waals surface area contributed by atoms with Crippen LogP contribution in [0.5, 0.6) is 5.75 Å². The molecule has 194 valence electrons. The zero-order chi connectivity index (χ0) is 26.0. The van der Waals surface area contributed by atoms with Crippen LogP contribution in [0.15, 0.2) is 42.5 Å². The molecule has 1 saturated heterocycles. The van der Waals surface area contributed by atoms with Crippen LogP contribution < -0.4 is 4.74 Å². The number of halogens is 1. The Morgan fingerprint density at radius 2 is 1.63 bits per heavy atom. The van der Waals surface area contributed by atoms with Gasteiger partial charge in [-0.2, -0.15) is 0 Å². The van der Waals surface area contributed by atoms with Crippen LogP contribution in [-0.4, -0.2) is 61.3 Å². The lowest BCUT2D eigenvalue weighted by Gasteiger charge is -2.43. The van der Waals surface area contributed by atoms with Gasteiger partial charge in [-0.3, -0.25) is 0 Å². The summed E-state index contributed by atoms with van der Waals surface area (Å²) in [6.45, 7) is 13.4. The predicted molar refractivity (Wildman–Crippen MR) is 141 cm³/mol. The van der Waals surface area contributed by atoms with Gasteiger partial charge in [-0.25, -0.2) is 0 Å². The van der Waals surface area contributed by atoms with Gasteiger partial charge in [-0.15, -0.1) is 0 Å². The molecule has 2 aromatic rings. The predicted octanol–water partition coefficient (Wildman–Crippen LogP) is 4.87. The molecule has 2 aromatic carbocycles. The van der Waals surface area contributed by atoms with Crippen molar-refractivity contribution in [1.29, 1.82) is 0 Å². The van der Waals surface area contributed by atoms with E-state index in [-0.39, 0.29) is 11.6 Å². The van der Waals surface area contributed by atoms with Gasteiger partial charge in [0.15, 0.2) is 8.32 Å². The number of aliphatic hydroxyl groups is 3. The van der Waals surface area contributed by atoms with Crippen molar-refractivity contribution in [2.75, 3.05) is 13.2 Å². The smallest absolute Gasteiger partial charge is 0.192 e. The Hall–Kier alpha value is -1.45. The largest absolute Gasteiger partial charge is 0.494 e. The van der Waals surface area contributed by atoms with E-state index in [1.54, 1.807) is 12.1 Å². The lowest BCUT2D eigenvalue weighted by atomic mass is 9.90. The second-order valence-corrected chi connectivity index (χ2v) is 16.0. The molecular formula is C27H39ClO6Si. The standard InChI is InChI=1S/C27H39ClO6Si/c1-7-32-20-11-8-17(9-12-20)14-19-15-18(10-13-21(19)28)26-25(31)24(30)23(29)22(34-26)16-33-35(5,6)27(2,3)4/h8-13,15,22-26,29-31H,7,14,16H2,1-6H3. The van der Waals surface area contributed by atoms with Gasteiger partial charge in [0.1, 0.15) is 36.3 Å². The molecule has 0 aliphatic carbocycles. The van der Waals surface area contributed by atoms with E-state index in [4.69, 9.17) is 25.5 Å². The number of hydrogen-bond donors (Lipinski definition) is 3. The maximum atomic E-state index is 10.8. The highest BCUT2D eigenvalue weighted by Crippen LogP contribution is 2.39. The minimum absolute atomic E-state index is 0.00387. The molecule has 35 heavy (non-hydrogen) atoms. The third-order valence-electron chi connectivity index (χ3n) is 7.15. The van der Waals surface area contributed by atoms with E-state index in [1.165, 1.54) is 0 Å². The van der Waals surface area contributed by atoms with Gasteiger partial charge in [0.05, 0.1) is 13.2 Å². The third-order valence-corrected chi connectivity index (χ3v) is 12.0. The Morgan fingerprint density at radius 1 is 0.971 bits per heavy atom. The molecule has 1 aliphatic heterocycles. The zero-order valence-electron chi connectivity index (χ0n) is 21.5. The van der Waals surface area contributed by atoms with Crippen molar-refractivity contribution in [3.8, 4) is 5.75 Å². The molecule has 8 heteroatoms. The van der Waals surface area contributed by atoms with E-state index in [0.717, 1.165) is 16.9 Å². The molecule has 0 amide bonds. The SMILES string of the molecule is CCOc1ccc(Cc2cc(C3OC(CO[Si](C)(C)C(C)(C)C)C(O)C(O)C3O)ccc2Cl)cc1. The van der Waals surface area contributed by atoms with E-state index in [9.17, 15) is 15.3 Å². The summed E-state index contributed by atoms with van der Waals surface area (Å²) in [5.41, 5.74) is 2.62. The highest BCUT2D eigenvalue weighted by molar-refractivity contribution is 6.74. The first-order valence-corrected chi connectivity index (χ1v) is 15.5. The second kappa shape index (κ2) is 11.3. The molecule has 3 rings (SSSR count). The summed E-state index contributed by atoms with van der Waals surface area (Å²) in [7, 11) is -2.09. The summed E-state index contributed by atoms with van der Waals surface area (Å²) in [6, 6.07) is 13.3. The number of hydrogen-bond acceptors (Lipinski definition) is 6. The molecule has 3 N–H and O–H groups in total. The van der Waals surface area contributed by atoms with E-state index in [1.807, 2.05) is 37.3 Å². The third kappa shape index (κ3) is 6.66. The molecule has 0 aromatic heterocycles. The Bertz CT molecular complexity index is 975. The van der Waals surface area contributed by atoms with Crippen LogP contribution >= 0.6 is 11.6 Å². The fraction of sp³-hybridized carbons (Fsp3) is 0.556. The number of aliphatic hydroxyl groups excluding tert-OH is 3. The summed E-state index contributed by atoms with van der Waals surface area (Å²) in [4.78, 5) is 0. The van der Waals surface area contributed by atoms with Crippen LogP contribution in [0, 0.1) is 0 Å². The van der Waals surface area contributed by atoms with Crippen molar-refractivity contribution in [1.82, 2.24) is 0 Å². The fourth-order valence-corrected chi connectivity index (χ4v) is 5.07. The molecule has 1 heterocycles. The van der Waals surface area contributed by atoms with Gasteiger partial charge in [-0.1, -0.05) is 56.6 Å². The van der Waals surface area contributed by atoms with Crippen molar-refractivity contribution >= 4 is 19.9 Å². The average molecular weight is 523 g/mol. The van der Waals surface area contributed by atoms with Crippen LogP contribution in [-0.2, 0) is 15.6 Å². The monoisotopic (exact) mass is 522 g/mol. The Labute approximate surface area is 214 Å². The molecule has 1 fully saturated rings. The maximum absolute atomic E-state index is 10.8. The minimum Gasteiger partial charge on any atom is -0.494 e. The van der Waals surface area contributed by atoms with E-state index in [0.29, 0.717) is 23.6 Å². The highest BCUT2D eigenvalue weighted by Gasteiger charge is 2.46. The Morgan fingerprint density at radius 3 is 2.23 bits per heavy atom. The summed E-state index contributed by atoms with van der Waals surface area (Å²) in [5, 5.41) is 32.6. The molecular weight excluding hydrogens is 484 g/mol. The van der Waals surface area contributed by atoms with Gasteiger partial charge in [0.25, 0.3) is 0 Å². The number of ether oxygens (including phenoxy) is 2. The topological polar surface area (TPSA) is 88.4 Å². The summed E-state index contributed by atoms with van der Waals surface area (Å²) < 4.78 is 17.9. The first-order chi connectivity index (χ1) is 16.3. The van der Waals surface area contributed by atoms with Crippen LogP contribution in [0.25, 0.3) is 0 Å². The van der Waals surface area contributed by atoms with Crippen molar-refractivity contribution in [2.24, 2.45) is 0 Å². The van der Waals surface area contributed by atoms with Crippen molar-refractivity contribution < 1.29 is 29.2 Å². The second-order valence-electron chi connectivity index (χ2n) is 10.7. The summed E-state index contributed by atoms with van der Waals surface area (Å²) in [6.07, 6.45) is -4.89. The Kier molecular flexibility index (Phi) is 9.08. The van der Waals surface area contributed by atoms with Gasteiger partial charge >= 0.3 is 0 Å². The van der Waals surface area contributed by atoms with Gasteiger partial charge in [0, 0.05) is 5.02 Å². The van der Waals surface area contributed by atoms with Gasteiger partial charge in [-0.05, 0) is 66.4 Å². The number of rotatable bonds is 8. The lowest BCUT2D eigenvalue weighted by Crippen LogP contribution is -2.56. The number of benzene rings is 2. The molecule has 0 radical (unpaired) electrons. The fourth-order valence-electron chi connectivity index (χ4n) is 3.87. The quantitative estimate of drug-likeness (QED) is 0.428. The summed E-state index contributed by atoms with van der Waals surface area (Å²) in [5.74, 6) is 0.813. The highest BCUT2D eigenvalue weighted by atomic mass is 35.5. The minimum atomic E-state index is -2.09. The molecule has 1 aliphatic rings. The van der Waals surface area contributed by atoms with Crippen LogP contribution in [0.2, 0.25) is 23.2 Å². The molecule has 6 nitrogen and oxygen atoms in total. The molecule has 0 saturated carbocycles. The van der Waals surface area contributed by atoms with Gasteiger partial charge in [0.2, 0.25) is 0 Å². The first kappa shape index (κ1) is 28.1. The first-order valence-electron chi connectivity index (χ1n) is 12.2. The molecule has 0 bridgehead atoms. The van der Waals surface area contributed by atoms with Gasteiger partial charge < -0.3 is 29.2 Å². The zero-order valence-corrected chi connectivity index (χ0v) is 23.2. The average Bonchev–Trinajstić information content (AvgIpc) is 2.79. The van der Waals surface area contributed by atoms with Crippen molar-refractivity contribution in [3.05, 3.63) is 64.2 Å².